The number of hydrogen-bond acceptors (Lipinski definition) is 4. The summed E-state index contributed by atoms with van der Waals surface area (Å²) < 4.78 is 23.6. The zero-order valence-corrected chi connectivity index (χ0v) is 15.3. The van der Waals surface area contributed by atoms with E-state index in [-0.39, 0.29) is 24.1 Å². The van der Waals surface area contributed by atoms with Crippen molar-refractivity contribution in [1.82, 2.24) is 9.80 Å². The molecule has 1 aromatic heterocycles. The highest BCUT2D eigenvalue weighted by Crippen LogP contribution is 2.12. The first-order valence-corrected chi connectivity index (χ1v) is 8.66. The van der Waals surface area contributed by atoms with E-state index in [9.17, 15) is 9.18 Å². The SMILES string of the molecule is O=C(c1ccco1)N1CCN(CCCCOc2ccc(F)cc2)CC1.[Cl-]. The van der Waals surface area contributed by atoms with Gasteiger partial charge in [-0.15, -0.1) is 0 Å². The summed E-state index contributed by atoms with van der Waals surface area (Å²) in [5.41, 5.74) is 0. The van der Waals surface area contributed by atoms with E-state index in [1.54, 1.807) is 24.3 Å². The van der Waals surface area contributed by atoms with E-state index in [1.807, 2.05) is 4.90 Å². The summed E-state index contributed by atoms with van der Waals surface area (Å²) in [6.45, 7) is 4.84. The number of rotatable bonds is 7. The Hall–Kier alpha value is -2.05. The lowest BCUT2D eigenvalue weighted by Gasteiger charge is -2.34. The van der Waals surface area contributed by atoms with Crippen molar-refractivity contribution >= 4 is 5.91 Å². The van der Waals surface area contributed by atoms with Crippen LogP contribution in [0, 0.1) is 5.82 Å². The van der Waals surface area contributed by atoms with Crippen molar-refractivity contribution in [2.24, 2.45) is 0 Å². The predicted octanol–water partition coefficient (Wildman–Crippen LogP) is 0.0397. The number of benzene rings is 1. The number of unbranched alkanes of at least 4 members (excludes halogenated alkanes) is 1. The highest BCUT2D eigenvalue weighted by Gasteiger charge is 2.23. The molecule has 7 heteroatoms. The fourth-order valence-electron chi connectivity index (χ4n) is 2.89. The number of hydrogen-bond donors (Lipinski definition) is 0. The molecule has 0 N–H and O–H groups in total. The van der Waals surface area contributed by atoms with E-state index in [4.69, 9.17) is 9.15 Å². The number of nitrogens with zero attached hydrogens (tertiary/aromatic N) is 2. The molecule has 1 aliphatic rings. The van der Waals surface area contributed by atoms with Gasteiger partial charge in [-0.05, 0) is 55.8 Å². The Bertz CT molecular complexity index is 656. The molecule has 2 aromatic rings. The average Bonchev–Trinajstić information content (AvgIpc) is 3.18. The van der Waals surface area contributed by atoms with Gasteiger partial charge in [-0.3, -0.25) is 9.69 Å². The van der Waals surface area contributed by atoms with Gasteiger partial charge in [0.05, 0.1) is 12.9 Å². The maximum absolute atomic E-state index is 12.8. The summed E-state index contributed by atoms with van der Waals surface area (Å²) >= 11 is 0. The minimum absolute atomic E-state index is 0. The number of ether oxygens (including phenoxy) is 1. The van der Waals surface area contributed by atoms with Crippen LogP contribution in [0.15, 0.2) is 47.1 Å². The Labute approximate surface area is 159 Å². The van der Waals surface area contributed by atoms with E-state index >= 15 is 0 Å². The van der Waals surface area contributed by atoms with Crippen LogP contribution in [-0.2, 0) is 0 Å². The minimum atomic E-state index is -0.253. The predicted molar refractivity (Wildman–Crippen MR) is 92.2 cm³/mol. The van der Waals surface area contributed by atoms with Crippen LogP contribution in [0.4, 0.5) is 4.39 Å². The monoisotopic (exact) mass is 381 g/mol. The minimum Gasteiger partial charge on any atom is -1.00 e. The summed E-state index contributed by atoms with van der Waals surface area (Å²) in [5.74, 6) is 0.826. The molecule has 26 heavy (non-hydrogen) atoms. The number of amides is 1. The van der Waals surface area contributed by atoms with Gasteiger partial charge < -0.3 is 26.5 Å². The molecule has 1 amide bonds. The lowest BCUT2D eigenvalue weighted by atomic mass is 10.2. The van der Waals surface area contributed by atoms with Crippen LogP contribution in [0.25, 0.3) is 0 Å². The van der Waals surface area contributed by atoms with Crippen molar-refractivity contribution < 1.29 is 30.7 Å². The van der Waals surface area contributed by atoms with Gasteiger partial charge in [0.2, 0.25) is 0 Å². The molecule has 2 heterocycles. The molecule has 0 unspecified atom stereocenters. The molecule has 0 bridgehead atoms. The molecule has 1 aliphatic heterocycles. The van der Waals surface area contributed by atoms with Crippen LogP contribution in [-0.4, -0.2) is 55.0 Å². The van der Waals surface area contributed by atoms with Crippen LogP contribution in [0.2, 0.25) is 0 Å². The van der Waals surface area contributed by atoms with E-state index in [2.05, 4.69) is 4.90 Å². The molecule has 5 nitrogen and oxygen atoms in total. The first-order valence-electron chi connectivity index (χ1n) is 8.66. The Balaban J connectivity index is 0.00000243. The van der Waals surface area contributed by atoms with Crippen molar-refractivity contribution in [2.45, 2.75) is 12.8 Å². The van der Waals surface area contributed by atoms with Crippen LogP contribution in [0.5, 0.6) is 5.75 Å². The number of halogens is 2. The largest absolute Gasteiger partial charge is 1.00 e. The van der Waals surface area contributed by atoms with E-state index in [1.165, 1.54) is 18.4 Å². The van der Waals surface area contributed by atoms with Crippen molar-refractivity contribution in [3.8, 4) is 5.75 Å². The molecule has 142 valence electrons. The average molecular weight is 382 g/mol. The summed E-state index contributed by atoms with van der Waals surface area (Å²) in [6.07, 6.45) is 3.51. The third-order valence-corrected chi connectivity index (χ3v) is 4.34. The smallest absolute Gasteiger partial charge is 0.289 e. The van der Waals surface area contributed by atoms with Gasteiger partial charge >= 0.3 is 0 Å². The van der Waals surface area contributed by atoms with Crippen LogP contribution < -0.4 is 17.1 Å². The fraction of sp³-hybridized carbons (Fsp3) is 0.421. The Morgan fingerprint density at radius 3 is 2.46 bits per heavy atom. The van der Waals surface area contributed by atoms with E-state index < -0.39 is 0 Å². The maximum Gasteiger partial charge on any atom is 0.289 e. The molecule has 3 rings (SSSR count). The first kappa shape index (κ1) is 20.3. The van der Waals surface area contributed by atoms with E-state index in [0.717, 1.165) is 45.6 Å². The maximum atomic E-state index is 12.8. The van der Waals surface area contributed by atoms with Crippen molar-refractivity contribution in [3.05, 3.63) is 54.2 Å². The number of carbonyl (C=O) groups is 1. The standard InChI is InChI=1S/C19H23FN2O3.ClH/c20-16-5-7-17(8-6-16)24-14-2-1-9-21-10-12-22(13-11-21)19(23)18-4-3-15-25-18;/h3-8,15H,1-2,9-14H2;1H/p-1. The quantitative estimate of drug-likeness (QED) is 0.635. The molecule has 0 atom stereocenters. The zero-order chi connectivity index (χ0) is 17.5. The molecular formula is C19H23ClFN2O3-. The summed E-state index contributed by atoms with van der Waals surface area (Å²) in [4.78, 5) is 16.4. The highest BCUT2D eigenvalue weighted by molar-refractivity contribution is 5.91. The molecular weight excluding hydrogens is 359 g/mol. The lowest BCUT2D eigenvalue weighted by molar-refractivity contribution is -0.0000168. The topological polar surface area (TPSA) is 45.9 Å². The zero-order valence-electron chi connectivity index (χ0n) is 14.6. The number of piperazine rings is 1. The van der Waals surface area contributed by atoms with Crippen LogP contribution in [0.1, 0.15) is 23.4 Å². The van der Waals surface area contributed by atoms with Gasteiger partial charge in [-0.2, -0.15) is 0 Å². The fourth-order valence-corrected chi connectivity index (χ4v) is 2.89. The van der Waals surface area contributed by atoms with Crippen molar-refractivity contribution in [1.29, 1.82) is 0 Å². The van der Waals surface area contributed by atoms with E-state index in [0.29, 0.717) is 18.1 Å². The molecule has 0 radical (unpaired) electrons. The number of furan rings is 1. The third kappa shape index (κ3) is 5.75. The second kappa shape index (κ2) is 10.2. The van der Waals surface area contributed by atoms with Gasteiger partial charge in [0.25, 0.3) is 5.91 Å². The van der Waals surface area contributed by atoms with Crippen molar-refractivity contribution in [2.75, 3.05) is 39.3 Å². The van der Waals surface area contributed by atoms with Gasteiger partial charge in [-0.25, -0.2) is 4.39 Å². The Morgan fingerprint density at radius 1 is 1.08 bits per heavy atom. The summed E-state index contributed by atoms with van der Waals surface area (Å²) in [6, 6.07) is 9.53. The number of carbonyl (C=O) groups excluding carboxylic acids is 1. The molecule has 0 aliphatic carbocycles. The van der Waals surface area contributed by atoms with Gasteiger partial charge in [0.15, 0.2) is 5.76 Å². The molecule has 0 spiro atoms. The molecule has 1 fully saturated rings. The second-order valence-electron chi connectivity index (χ2n) is 6.12. The first-order chi connectivity index (χ1) is 12.2. The summed E-state index contributed by atoms with van der Waals surface area (Å²) in [7, 11) is 0. The Morgan fingerprint density at radius 2 is 1.81 bits per heavy atom. The van der Waals surface area contributed by atoms with Crippen molar-refractivity contribution in [3.63, 3.8) is 0 Å². The Kier molecular flexibility index (Phi) is 7.94. The third-order valence-electron chi connectivity index (χ3n) is 4.34. The summed E-state index contributed by atoms with van der Waals surface area (Å²) in [5, 5.41) is 0. The van der Waals surface area contributed by atoms with Gasteiger partial charge in [0, 0.05) is 26.2 Å². The normalized spacial score (nSPS) is 14.7. The van der Waals surface area contributed by atoms with Crippen LogP contribution in [0.3, 0.4) is 0 Å². The second-order valence-corrected chi connectivity index (χ2v) is 6.12. The highest BCUT2D eigenvalue weighted by atomic mass is 35.5. The van der Waals surface area contributed by atoms with Crippen LogP contribution >= 0.6 is 0 Å². The van der Waals surface area contributed by atoms with Gasteiger partial charge in [0.1, 0.15) is 11.6 Å². The van der Waals surface area contributed by atoms with Gasteiger partial charge in [-0.1, -0.05) is 0 Å². The molecule has 1 saturated heterocycles. The molecule has 1 aromatic carbocycles. The molecule has 0 saturated carbocycles. The lowest BCUT2D eigenvalue weighted by Crippen LogP contribution is -3.00.